The van der Waals surface area contributed by atoms with E-state index in [0.717, 1.165) is 43.9 Å². The van der Waals surface area contributed by atoms with Crippen LogP contribution in [0.4, 0.5) is 0 Å². The van der Waals surface area contributed by atoms with Crippen molar-refractivity contribution in [2.45, 2.75) is 6.42 Å². The summed E-state index contributed by atoms with van der Waals surface area (Å²) in [4.78, 5) is 16.1. The molecule has 0 unspecified atom stereocenters. The summed E-state index contributed by atoms with van der Waals surface area (Å²) in [7, 11) is 2.07. The lowest BCUT2D eigenvalue weighted by atomic mass is 10.4. The second-order valence-electron chi connectivity index (χ2n) is 3.81. The predicted molar refractivity (Wildman–Crippen MR) is 62.9 cm³/mol. The smallest absolute Gasteiger partial charge is 0.284 e. The largest absolute Gasteiger partial charge is 0.335 e. The van der Waals surface area contributed by atoms with E-state index < -0.39 is 0 Å². The fourth-order valence-electron chi connectivity index (χ4n) is 1.68. The summed E-state index contributed by atoms with van der Waals surface area (Å²) in [5, 5.41) is 7.80. The van der Waals surface area contributed by atoms with Gasteiger partial charge in [-0.3, -0.25) is 4.79 Å². The first-order chi connectivity index (χ1) is 7.66. The molecule has 2 heterocycles. The second-order valence-corrected chi connectivity index (χ2v) is 5.37. The Labute approximate surface area is 103 Å². The normalized spacial score (nSPS) is 18.5. The molecule has 16 heavy (non-hydrogen) atoms. The van der Waals surface area contributed by atoms with Gasteiger partial charge in [0.2, 0.25) is 9.47 Å². The Balaban J connectivity index is 2.04. The van der Waals surface area contributed by atoms with Gasteiger partial charge in [-0.2, -0.15) is 0 Å². The van der Waals surface area contributed by atoms with Crippen molar-refractivity contribution in [3.63, 3.8) is 0 Å². The minimum Gasteiger partial charge on any atom is -0.335 e. The molecule has 0 spiro atoms. The van der Waals surface area contributed by atoms with Gasteiger partial charge in [-0.25, -0.2) is 0 Å². The molecule has 1 amide bonds. The monoisotopic (exact) mass is 260 g/mol. The minimum atomic E-state index is -0.0558. The van der Waals surface area contributed by atoms with Crippen molar-refractivity contribution in [2.75, 3.05) is 33.2 Å². The van der Waals surface area contributed by atoms with Gasteiger partial charge in [0.15, 0.2) is 0 Å². The van der Waals surface area contributed by atoms with Crippen LogP contribution in [0.1, 0.15) is 16.2 Å². The zero-order valence-electron chi connectivity index (χ0n) is 9.02. The highest BCUT2D eigenvalue weighted by molar-refractivity contribution is 7.17. The Kier molecular flexibility index (Phi) is 3.73. The van der Waals surface area contributed by atoms with Crippen LogP contribution in [0.5, 0.6) is 0 Å². The lowest BCUT2D eigenvalue weighted by molar-refractivity contribution is 0.0761. The molecule has 1 fully saturated rings. The van der Waals surface area contributed by atoms with Crippen molar-refractivity contribution in [1.82, 2.24) is 20.0 Å². The van der Waals surface area contributed by atoms with Crippen molar-refractivity contribution in [2.24, 2.45) is 0 Å². The molecule has 7 heteroatoms. The van der Waals surface area contributed by atoms with E-state index in [1.807, 2.05) is 4.90 Å². The van der Waals surface area contributed by atoms with E-state index in [1.165, 1.54) is 0 Å². The van der Waals surface area contributed by atoms with Crippen LogP contribution in [0, 0.1) is 0 Å². The summed E-state index contributed by atoms with van der Waals surface area (Å²) in [5.41, 5.74) is 0. The molecular formula is C9H13ClN4OS. The third-order valence-corrected chi connectivity index (χ3v) is 3.60. The summed E-state index contributed by atoms with van der Waals surface area (Å²) in [6, 6.07) is 0. The minimum absolute atomic E-state index is 0.0558. The van der Waals surface area contributed by atoms with Crippen LogP contribution >= 0.6 is 22.9 Å². The molecule has 1 aliphatic heterocycles. The van der Waals surface area contributed by atoms with Crippen molar-refractivity contribution < 1.29 is 4.79 Å². The van der Waals surface area contributed by atoms with E-state index in [2.05, 4.69) is 22.1 Å². The van der Waals surface area contributed by atoms with Crippen LogP contribution in [-0.2, 0) is 0 Å². The van der Waals surface area contributed by atoms with Crippen LogP contribution < -0.4 is 0 Å². The van der Waals surface area contributed by atoms with Crippen molar-refractivity contribution in [3.8, 4) is 0 Å². The molecule has 0 aliphatic carbocycles. The lowest BCUT2D eigenvalue weighted by Crippen LogP contribution is -2.34. The van der Waals surface area contributed by atoms with Crippen LogP contribution in [-0.4, -0.2) is 59.1 Å². The fourth-order valence-corrected chi connectivity index (χ4v) is 2.47. The average molecular weight is 261 g/mol. The highest BCUT2D eigenvalue weighted by Crippen LogP contribution is 2.17. The molecule has 0 aromatic carbocycles. The summed E-state index contributed by atoms with van der Waals surface area (Å²) in [6.07, 6.45) is 0.995. The van der Waals surface area contributed by atoms with Gasteiger partial charge in [0.05, 0.1) is 0 Å². The SMILES string of the molecule is CN1CCCN(C(=O)c2nnc(Cl)s2)CC1. The molecule has 0 bridgehead atoms. The van der Waals surface area contributed by atoms with E-state index in [-0.39, 0.29) is 5.91 Å². The van der Waals surface area contributed by atoms with Gasteiger partial charge in [-0.15, -0.1) is 10.2 Å². The van der Waals surface area contributed by atoms with Crippen LogP contribution in [0.15, 0.2) is 0 Å². The summed E-state index contributed by atoms with van der Waals surface area (Å²) < 4.78 is 0.315. The van der Waals surface area contributed by atoms with E-state index in [4.69, 9.17) is 11.6 Å². The number of carbonyl (C=O) groups excluding carboxylic acids is 1. The van der Waals surface area contributed by atoms with E-state index in [0.29, 0.717) is 9.47 Å². The standard InChI is InChI=1S/C9H13ClN4OS/c1-13-3-2-4-14(6-5-13)8(15)7-11-12-9(10)16-7/h2-6H2,1H3. The highest BCUT2D eigenvalue weighted by Gasteiger charge is 2.21. The highest BCUT2D eigenvalue weighted by atomic mass is 35.5. The number of rotatable bonds is 1. The number of likely N-dealkylation sites (N-methyl/N-ethyl adjacent to an activating group) is 1. The molecule has 88 valence electrons. The summed E-state index contributed by atoms with van der Waals surface area (Å²) in [6.45, 7) is 3.45. The maximum absolute atomic E-state index is 12.0. The van der Waals surface area contributed by atoms with Gasteiger partial charge in [0, 0.05) is 19.6 Å². The molecule has 5 nitrogen and oxygen atoms in total. The zero-order chi connectivity index (χ0) is 11.5. The Morgan fingerprint density at radius 1 is 1.31 bits per heavy atom. The third-order valence-electron chi connectivity index (χ3n) is 2.59. The molecule has 1 aliphatic rings. The number of nitrogens with zero attached hydrogens (tertiary/aromatic N) is 4. The Hall–Kier alpha value is -0.720. The van der Waals surface area contributed by atoms with Crippen molar-refractivity contribution in [1.29, 1.82) is 0 Å². The fraction of sp³-hybridized carbons (Fsp3) is 0.667. The molecule has 0 atom stereocenters. The van der Waals surface area contributed by atoms with E-state index >= 15 is 0 Å². The summed E-state index contributed by atoms with van der Waals surface area (Å²) in [5.74, 6) is -0.0558. The van der Waals surface area contributed by atoms with Crippen LogP contribution in [0.2, 0.25) is 4.47 Å². The quantitative estimate of drug-likeness (QED) is 0.755. The topological polar surface area (TPSA) is 49.3 Å². The lowest BCUT2D eigenvalue weighted by Gasteiger charge is -2.18. The average Bonchev–Trinajstić information content (AvgIpc) is 2.57. The van der Waals surface area contributed by atoms with Gasteiger partial charge in [0.1, 0.15) is 0 Å². The van der Waals surface area contributed by atoms with E-state index in [1.54, 1.807) is 0 Å². The van der Waals surface area contributed by atoms with Gasteiger partial charge in [-0.1, -0.05) is 11.3 Å². The van der Waals surface area contributed by atoms with Gasteiger partial charge in [-0.05, 0) is 31.6 Å². The molecule has 0 saturated carbocycles. The molecule has 1 aromatic rings. The Morgan fingerprint density at radius 2 is 2.12 bits per heavy atom. The van der Waals surface area contributed by atoms with Crippen molar-refractivity contribution >= 4 is 28.8 Å². The third kappa shape index (κ3) is 2.69. The van der Waals surface area contributed by atoms with Gasteiger partial charge in [0.25, 0.3) is 5.91 Å². The molecule has 1 aromatic heterocycles. The predicted octanol–water partition coefficient (Wildman–Crippen LogP) is 0.969. The molecule has 1 saturated heterocycles. The number of amides is 1. The maximum atomic E-state index is 12.0. The van der Waals surface area contributed by atoms with Crippen LogP contribution in [0.25, 0.3) is 0 Å². The Morgan fingerprint density at radius 3 is 2.81 bits per heavy atom. The second kappa shape index (κ2) is 5.07. The Bertz CT molecular complexity index is 383. The molecule has 0 N–H and O–H groups in total. The zero-order valence-corrected chi connectivity index (χ0v) is 10.6. The number of halogens is 1. The maximum Gasteiger partial charge on any atom is 0.284 e. The number of hydrogen-bond donors (Lipinski definition) is 0. The van der Waals surface area contributed by atoms with Gasteiger partial charge >= 0.3 is 0 Å². The summed E-state index contributed by atoms with van der Waals surface area (Å²) >= 11 is 6.80. The molecule has 2 rings (SSSR count). The van der Waals surface area contributed by atoms with Gasteiger partial charge < -0.3 is 9.80 Å². The first-order valence-corrected chi connectivity index (χ1v) is 6.33. The first kappa shape index (κ1) is 11.8. The number of carbonyl (C=O) groups is 1. The number of aromatic nitrogens is 2. The first-order valence-electron chi connectivity index (χ1n) is 5.13. The van der Waals surface area contributed by atoms with E-state index in [9.17, 15) is 4.79 Å². The molecule has 0 radical (unpaired) electrons. The number of hydrogen-bond acceptors (Lipinski definition) is 5. The molecular weight excluding hydrogens is 248 g/mol. The van der Waals surface area contributed by atoms with Crippen LogP contribution in [0.3, 0.4) is 0 Å². The van der Waals surface area contributed by atoms with Crippen molar-refractivity contribution in [3.05, 3.63) is 9.47 Å².